The molecule has 1 heterocycles. The van der Waals surface area contributed by atoms with Crippen LogP contribution in [-0.2, 0) is 6.54 Å². The van der Waals surface area contributed by atoms with E-state index in [9.17, 15) is 4.79 Å². The van der Waals surface area contributed by atoms with Gasteiger partial charge in [-0.05, 0) is 37.4 Å². The molecule has 88 valence electrons. The first-order valence-corrected chi connectivity index (χ1v) is 7.21. The highest BCUT2D eigenvalue weighted by molar-refractivity contribution is 9.11. The third-order valence-corrected chi connectivity index (χ3v) is 4.40. The van der Waals surface area contributed by atoms with Crippen molar-refractivity contribution in [3.8, 4) is 0 Å². The monoisotopic (exact) mass is 374 g/mol. The number of halogens is 2. The Morgan fingerprint density at radius 1 is 1.29 bits per heavy atom. The summed E-state index contributed by atoms with van der Waals surface area (Å²) in [5, 5.41) is 2.85. The second-order valence-corrected chi connectivity index (χ2v) is 6.28. The van der Waals surface area contributed by atoms with Crippen molar-refractivity contribution in [2.24, 2.45) is 0 Å². The molecule has 0 fully saturated rings. The van der Waals surface area contributed by atoms with E-state index in [0.29, 0.717) is 19.9 Å². The normalized spacial score (nSPS) is 10.2. The Balaban J connectivity index is 2.01. The molecule has 0 aliphatic carbocycles. The summed E-state index contributed by atoms with van der Waals surface area (Å²) in [7, 11) is 0. The van der Waals surface area contributed by atoms with Gasteiger partial charge in [-0.1, -0.05) is 30.3 Å². The van der Waals surface area contributed by atoms with Crippen molar-refractivity contribution < 1.29 is 4.79 Å². The number of carbonyl (C=O) groups is 1. The summed E-state index contributed by atoms with van der Waals surface area (Å²) in [4.78, 5) is 16.5. The molecular weight excluding hydrogens is 368 g/mol. The molecule has 0 bridgehead atoms. The van der Waals surface area contributed by atoms with Gasteiger partial charge in [0, 0.05) is 6.54 Å². The highest BCUT2D eigenvalue weighted by atomic mass is 79.9. The summed E-state index contributed by atoms with van der Waals surface area (Å²) < 4.78 is 1.26. The first kappa shape index (κ1) is 12.7. The number of rotatable bonds is 3. The second kappa shape index (κ2) is 5.75. The van der Waals surface area contributed by atoms with Gasteiger partial charge >= 0.3 is 0 Å². The summed E-state index contributed by atoms with van der Waals surface area (Å²) in [6, 6.07) is 9.78. The molecule has 1 amide bonds. The third-order valence-electron chi connectivity index (χ3n) is 2.06. The van der Waals surface area contributed by atoms with Crippen LogP contribution in [0, 0.1) is 0 Å². The average Bonchev–Trinajstić information content (AvgIpc) is 2.67. The maximum Gasteiger partial charge on any atom is 0.264 e. The maximum atomic E-state index is 11.9. The van der Waals surface area contributed by atoms with E-state index in [1.54, 1.807) is 0 Å². The van der Waals surface area contributed by atoms with Gasteiger partial charge in [0.2, 0.25) is 0 Å². The molecular formula is C11H8Br2N2OS. The van der Waals surface area contributed by atoms with Gasteiger partial charge in [-0.15, -0.1) is 11.3 Å². The zero-order chi connectivity index (χ0) is 12.3. The summed E-state index contributed by atoms with van der Waals surface area (Å²) in [5.41, 5.74) is 1.07. The van der Waals surface area contributed by atoms with Gasteiger partial charge in [0.25, 0.3) is 5.91 Å². The fourth-order valence-electron chi connectivity index (χ4n) is 1.28. The number of hydrogen-bond acceptors (Lipinski definition) is 3. The van der Waals surface area contributed by atoms with Crippen LogP contribution < -0.4 is 5.32 Å². The van der Waals surface area contributed by atoms with Gasteiger partial charge in [0.15, 0.2) is 3.92 Å². The highest BCUT2D eigenvalue weighted by Crippen LogP contribution is 2.27. The third kappa shape index (κ3) is 3.37. The number of aromatic nitrogens is 1. The SMILES string of the molecule is O=C(NCc1ccccc1)c1sc(Br)nc1Br. The van der Waals surface area contributed by atoms with Crippen molar-refractivity contribution in [1.82, 2.24) is 10.3 Å². The Morgan fingerprint density at radius 3 is 2.59 bits per heavy atom. The van der Waals surface area contributed by atoms with Crippen molar-refractivity contribution in [2.75, 3.05) is 0 Å². The lowest BCUT2D eigenvalue weighted by molar-refractivity contribution is 0.0954. The van der Waals surface area contributed by atoms with E-state index in [4.69, 9.17) is 0 Å². The minimum atomic E-state index is -0.121. The van der Waals surface area contributed by atoms with Crippen LogP contribution in [0.5, 0.6) is 0 Å². The second-order valence-electron chi connectivity index (χ2n) is 3.26. The number of nitrogens with zero attached hydrogens (tertiary/aromatic N) is 1. The summed E-state index contributed by atoms with van der Waals surface area (Å²) >= 11 is 7.80. The number of amides is 1. The number of thiazole rings is 1. The first-order chi connectivity index (χ1) is 8.16. The Bertz CT molecular complexity index is 528. The molecule has 0 saturated heterocycles. The molecule has 0 spiro atoms. The standard InChI is InChI=1S/C11H8Br2N2OS/c12-9-8(17-11(13)15-9)10(16)14-6-7-4-2-1-3-5-7/h1-5H,6H2,(H,14,16). The first-order valence-electron chi connectivity index (χ1n) is 4.81. The van der Waals surface area contributed by atoms with E-state index < -0.39 is 0 Å². The lowest BCUT2D eigenvalue weighted by Gasteiger charge is -2.03. The molecule has 1 N–H and O–H groups in total. The van der Waals surface area contributed by atoms with Crippen molar-refractivity contribution in [1.29, 1.82) is 0 Å². The van der Waals surface area contributed by atoms with E-state index in [1.807, 2.05) is 30.3 Å². The van der Waals surface area contributed by atoms with Crippen LogP contribution in [0.3, 0.4) is 0 Å². The molecule has 0 aliphatic rings. The van der Waals surface area contributed by atoms with E-state index in [1.165, 1.54) is 11.3 Å². The number of hydrogen-bond donors (Lipinski definition) is 1. The summed E-state index contributed by atoms with van der Waals surface area (Å²) in [6.07, 6.45) is 0. The highest BCUT2D eigenvalue weighted by Gasteiger charge is 2.14. The lowest BCUT2D eigenvalue weighted by Crippen LogP contribution is -2.22. The lowest BCUT2D eigenvalue weighted by atomic mass is 10.2. The van der Waals surface area contributed by atoms with Crippen LogP contribution >= 0.6 is 43.2 Å². The number of nitrogens with one attached hydrogen (secondary N) is 1. The molecule has 17 heavy (non-hydrogen) atoms. The molecule has 0 atom stereocenters. The Kier molecular flexibility index (Phi) is 4.31. The van der Waals surface area contributed by atoms with E-state index in [0.717, 1.165) is 5.56 Å². The Hall–Kier alpha value is -0.720. The van der Waals surface area contributed by atoms with E-state index >= 15 is 0 Å². The number of carbonyl (C=O) groups excluding carboxylic acids is 1. The maximum absolute atomic E-state index is 11.9. The zero-order valence-electron chi connectivity index (χ0n) is 8.61. The van der Waals surface area contributed by atoms with Crippen LogP contribution in [-0.4, -0.2) is 10.9 Å². The van der Waals surface area contributed by atoms with Gasteiger partial charge in [-0.25, -0.2) is 4.98 Å². The molecule has 0 aliphatic heterocycles. The minimum absolute atomic E-state index is 0.121. The Labute approximate surface area is 120 Å². The van der Waals surface area contributed by atoms with Crippen LogP contribution in [0.15, 0.2) is 38.9 Å². The molecule has 0 radical (unpaired) electrons. The fraction of sp³-hybridized carbons (Fsp3) is 0.0909. The van der Waals surface area contributed by atoms with Crippen molar-refractivity contribution in [3.05, 3.63) is 49.3 Å². The predicted octanol–water partition coefficient (Wildman–Crippen LogP) is 3.60. The predicted molar refractivity (Wildman–Crippen MR) is 75.1 cm³/mol. The van der Waals surface area contributed by atoms with Crippen LogP contribution in [0.1, 0.15) is 15.2 Å². The average molecular weight is 376 g/mol. The molecule has 1 aromatic carbocycles. The molecule has 0 unspecified atom stereocenters. The summed E-state index contributed by atoms with van der Waals surface area (Å²) in [5.74, 6) is -0.121. The van der Waals surface area contributed by atoms with E-state index in [2.05, 4.69) is 42.2 Å². The molecule has 1 aromatic heterocycles. The largest absolute Gasteiger partial charge is 0.347 e. The quantitative estimate of drug-likeness (QED) is 0.890. The van der Waals surface area contributed by atoms with Gasteiger partial charge in [-0.2, -0.15) is 0 Å². The van der Waals surface area contributed by atoms with Crippen molar-refractivity contribution in [3.63, 3.8) is 0 Å². The van der Waals surface area contributed by atoms with Gasteiger partial charge in [0.05, 0.1) is 0 Å². The zero-order valence-corrected chi connectivity index (χ0v) is 12.6. The summed E-state index contributed by atoms with van der Waals surface area (Å²) in [6.45, 7) is 0.516. The van der Waals surface area contributed by atoms with Gasteiger partial charge < -0.3 is 5.32 Å². The molecule has 0 saturated carbocycles. The molecule has 2 rings (SSSR count). The Morgan fingerprint density at radius 2 is 2.00 bits per heavy atom. The topological polar surface area (TPSA) is 42.0 Å². The smallest absolute Gasteiger partial charge is 0.264 e. The van der Waals surface area contributed by atoms with Crippen molar-refractivity contribution in [2.45, 2.75) is 6.54 Å². The van der Waals surface area contributed by atoms with Crippen molar-refractivity contribution >= 4 is 49.1 Å². The van der Waals surface area contributed by atoms with Gasteiger partial charge in [-0.3, -0.25) is 4.79 Å². The molecule has 3 nitrogen and oxygen atoms in total. The number of benzene rings is 1. The molecule has 2 aromatic rings. The molecule has 6 heteroatoms. The fourth-order valence-corrected chi connectivity index (χ4v) is 3.49. The van der Waals surface area contributed by atoms with Gasteiger partial charge in [0.1, 0.15) is 9.48 Å². The van der Waals surface area contributed by atoms with E-state index in [-0.39, 0.29) is 5.91 Å². The van der Waals surface area contributed by atoms with Crippen LogP contribution in [0.25, 0.3) is 0 Å². The van der Waals surface area contributed by atoms with Crippen LogP contribution in [0.2, 0.25) is 0 Å². The van der Waals surface area contributed by atoms with Crippen LogP contribution in [0.4, 0.5) is 0 Å². The minimum Gasteiger partial charge on any atom is -0.347 e.